The molecular weight excluding hydrogens is 472 g/mol. The van der Waals surface area contributed by atoms with Gasteiger partial charge in [-0.25, -0.2) is 9.97 Å². The lowest BCUT2D eigenvalue weighted by Gasteiger charge is -2.26. The summed E-state index contributed by atoms with van der Waals surface area (Å²) in [6.45, 7) is 13.9. The summed E-state index contributed by atoms with van der Waals surface area (Å²) in [5.74, 6) is 4.13. The van der Waals surface area contributed by atoms with Crippen molar-refractivity contribution in [3.63, 3.8) is 0 Å². The third-order valence-corrected chi connectivity index (χ3v) is 8.24. The molecule has 0 bridgehead atoms. The van der Waals surface area contributed by atoms with Crippen LogP contribution in [-0.2, 0) is 24.1 Å². The van der Waals surface area contributed by atoms with Crippen molar-refractivity contribution in [2.75, 3.05) is 44.8 Å². The molecule has 1 saturated heterocycles. The van der Waals surface area contributed by atoms with E-state index in [2.05, 4.69) is 36.2 Å². The quantitative estimate of drug-likeness (QED) is 0.401. The van der Waals surface area contributed by atoms with Gasteiger partial charge in [-0.15, -0.1) is 11.3 Å². The van der Waals surface area contributed by atoms with Crippen molar-refractivity contribution in [2.24, 2.45) is 5.92 Å². The topological polar surface area (TPSA) is 68.7 Å². The Balaban J connectivity index is 1.49. The van der Waals surface area contributed by atoms with Gasteiger partial charge in [0.05, 0.1) is 44.4 Å². The van der Waals surface area contributed by atoms with Gasteiger partial charge in [-0.05, 0) is 69.2 Å². The molecular formula is C28H38N4O3S. The van der Waals surface area contributed by atoms with Gasteiger partial charge in [0, 0.05) is 18.0 Å². The Morgan fingerprint density at radius 3 is 2.69 bits per heavy atom. The van der Waals surface area contributed by atoms with Gasteiger partial charge in [0.2, 0.25) is 0 Å². The average Bonchev–Trinajstić information content (AvgIpc) is 3.23. The minimum absolute atomic E-state index is 0.0484. The molecule has 2 aromatic heterocycles. The number of anilines is 1. The van der Waals surface area contributed by atoms with Crippen LogP contribution in [0.15, 0.2) is 18.2 Å². The lowest BCUT2D eigenvalue weighted by molar-refractivity contribution is 0.0331. The first kappa shape index (κ1) is 25.2. The predicted octanol–water partition coefficient (Wildman–Crippen LogP) is 5.62. The molecule has 1 fully saturated rings. The fraction of sp³-hybridized carbons (Fsp3) is 0.571. The normalized spacial score (nSPS) is 19.2. The molecule has 194 valence electrons. The van der Waals surface area contributed by atoms with Crippen LogP contribution in [0.3, 0.4) is 0 Å². The molecule has 36 heavy (non-hydrogen) atoms. The molecule has 1 aromatic carbocycles. The molecule has 8 heteroatoms. The Morgan fingerprint density at radius 2 is 1.92 bits per heavy atom. The maximum atomic E-state index is 5.88. The molecule has 0 saturated carbocycles. The highest BCUT2D eigenvalue weighted by Gasteiger charge is 2.25. The lowest BCUT2D eigenvalue weighted by Crippen LogP contribution is -2.36. The number of aryl methyl sites for hydroxylation is 1. The summed E-state index contributed by atoms with van der Waals surface area (Å²) in [7, 11) is 0. The summed E-state index contributed by atoms with van der Waals surface area (Å²) in [6.07, 6.45) is 3.46. The highest BCUT2D eigenvalue weighted by molar-refractivity contribution is 7.19. The van der Waals surface area contributed by atoms with Gasteiger partial charge in [0.1, 0.15) is 16.5 Å². The number of ether oxygens (including phenoxy) is 3. The molecule has 3 heterocycles. The van der Waals surface area contributed by atoms with E-state index in [0.29, 0.717) is 13.2 Å². The Labute approximate surface area is 218 Å². The number of nitrogens with zero attached hydrogens (tertiary/aromatic N) is 3. The molecule has 2 unspecified atom stereocenters. The van der Waals surface area contributed by atoms with E-state index < -0.39 is 0 Å². The molecule has 0 amide bonds. The summed E-state index contributed by atoms with van der Waals surface area (Å²) < 4.78 is 17.2. The zero-order valence-electron chi connectivity index (χ0n) is 21.9. The summed E-state index contributed by atoms with van der Waals surface area (Å²) >= 11 is 1.86. The van der Waals surface area contributed by atoms with Gasteiger partial charge in [0.25, 0.3) is 0 Å². The number of morpholine rings is 1. The number of hydrogen-bond acceptors (Lipinski definition) is 8. The number of fused-ring (bicyclic) bond motifs is 3. The highest BCUT2D eigenvalue weighted by Crippen LogP contribution is 2.41. The fourth-order valence-electron chi connectivity index (χ4n) is 5.15. The minimum atomic E-state index is 0.0484. The van der Waals surface area contributed by atoms with Crippen molar-refractivity contribution in [3.8, 4) is 11.5 Å². The highest BCUT2D eigenvalue weighted by atomic mass is 32.1. The first-order chi connectivity index (χ1) is 17.6. The van der Waals surface area contributed by atoms with Crippen molar-refractivity contribution in [1.82, 2.24) is 14.9 Å². The summed E-state index contributed by atoms with van der Waals surface area (Å²) in [4.78, 5) is 15.2. The number of hydrogen-bond donors (Lipinski definition) is 1. The van der Waals surface area contributed by atoms with Crippen LogP contribution >= 0.6 is 11.3 Å². The van der Waals surface area contributed by atoms with Crippen LogP contribution in [0, 0.1) is 5.92 Å². The average molecular weight is 511 g/mol. The Bertz CT molecular complexity index is 1190. The molecule has 0 spiro atoms. The fourth-order valence-corrected chi connectivity index (χ4v) is 6.55. The zero-order chi connectivity index (χ0) is 25.1. The van der Waals surface area contributed by atoms with E-state index in [1.807, 2.05) is 31.3 Å². The summed E-state index contributed by atoms with van der Waals surface area (Å²) in [6, 6.07) is 6.26. The molecule has 1 aliphatic heterocycles. The number of aromatic nitrogens is 2. The molecule has 2 atom stereocenters. The van der Waals surface area contributed by atoms with Gasteiger partial charge in [-0.3, -0.25) is 4.90 Å². The van der Waals surface area contributed by atoms with Crippen LogP contribution in [0.25, 0.3) is 10.2 Å². The van der Waals surface area contributed by atoms with Crippen molar-refractivity contribution >= 4 is 27.4 Å². The van der Waals surface area contributed by atoms with Crippen molar-refractivity contribution in [1.29, 1.82) is 0 Å². The van der Waals surface area contributed by atoms with Gasteiger partial charge in [0.15, 0.2) is 11.5 Å². The molecule has 1 N–H and O–H groups in total. The maximum absolute atomic E-state index is 5.88. The van der Waals surface area contributed by atoms with Crippen molar-refractivity contribution in [2.45, 2.75) is 59.5 Å². The summed E-state index contributed by atoms with van der Waals surface area (Å²) in [5, 5.41) is 4.98. The van der Waals surface area contributed by atoms with Crippen molar-refractivity contribution < 1.29 is 14.2 Å². The van der Waals surface area contributed by atoms with Gasteiger partial charge >= 0.3 is 0 Å². The Morgan fingerprint density at radius 1 is 1.14 bits per heavy atom. The molecule has 5 rings (SSSR count). The van der Waals surface area contributed by atoms with E-state index in [4.69, 9.17) is 24.2 Å². The number of nitrogens with one attached hydrogen (secondary N) is 1. The third kappa shape index (κ3) is 5.45. The van der Waals surface area contributed by atoms with Crippen LogP contribution in [-0.4, -0.2) is 54.4 Å². The van der Waals surface area contributed by atoms with Crippen molar-refractivity contribution in [3.05, 3.63) is 40.0 Å². The first-order valence-electron chi connectivity index (χ1n) is 13.3. The second kappa shape index (κ2) is 11.3. The molecule has 3 aromatic rings. The predicted molar refractivity (Wildman–Crippen MR) is 146 cm³/mol. The zero-order valence-corrected chi connectivity index (χ0v) is 22.7. The smallest absolute Gasteiger partial charge is 0.161 e. The SMILES string of the molecule is CCOc1ccc(C(C)Nc2nc(CN3CCOCC3)nc3sc4c(c23)CCC(C)C4)cc1OCC. The molecule has 0 radical (unpaired) electrons. The van der Waals surface area contributed by atoms with Crippen LogP contribution in [0.1, 0.15) is 62.0 Å². The minimum Gasteiger partial charge on any atom is -0.490 e. The van der Waals surface area contributed by atoms with Gasteiger partial charge < -0.3 is 19.5 Å². The van der Waals surface area contributed by atoms with Crippen LogP contribution in [0.4, 0.5) is 5.82 Å². The monoisotopic (exact) mass is 510 g/mol. The van der Waals surface area contributed by atoms with E-state index in [1.165, 1.54) is 22.2 Å². The number of benzene rings is 1. The van der Waals surface area contributed by atoms with E-state index in [-0.39, 0.29) is 6.04 Å². The molecule has 1 aliphatic carbocycles. The van der Waals surface area contributed by atoms with Crippen LogP contribution < -0.4 is 14.8 Å². The number of thiophene rings is 1. The lowest BCUT2D eigenvalue weighted by atomic mass is 9.89. The first-order valence-corrected chi connectivity index (χ1v) is 14.1. The number of rotatable bonds is 9. The standard InChI is InChI=1S/C28H38N4O3S/c1-5-34-22-10-8-20(16-23(22)35-6-2)19(4)29-27-26-21-9-7-18(3)15-24(21)36-28(26)31-25(30-27)17-32-11-13-33-14-12-32/h8,10,16,18-19H,5-7,9,11-15,17H2,1-4H3,(H,29,30,31). The Kier molecular flexibility index (Phi) is 7.93. The Hall–Kier alpha value is -2.42. The van der Waals surface area contributed by atoms with Gasteiger partial charge in [-0.2, -0.15) is 0 Å². The van der Waals surface area contributed by atoms with E-state index in [0.717, 1.165) is 85.1 Å². The summed E-state index contributed by atoms with van der Waals surface area (Å²) in [5.41, 5.74) is 2.59. The maximum Gasteiger partial charge on any atom is 0.161 e. The second-order valence-corrected chi connectivity index (χ2v) is 10.9. The largest absolute Gasteiger partial charge is 0.490 e. The van der Waals surface area contributed by atoms with E-state index >= 15 is 0 Å². The van der Waals surface area contributed by atoms with E-state index in [1.54, 1.807) is 0 Å². The van der Waals surface area contributed by atoms with E-state index in [9.17, 15) is 0 Å². The third-order valence-electron chi connectivity index (χ3n) is 7.09. The molecule has 7 nitrogen and oxygen atoms in total. The van der Waals surface area contributed by atoms with Gasteiger partial charge in [-0.1, -0.05) is 13.0 Å². The molecule has 2 aliphatic rings. The second-order valence-electron chi connectivity index (χ2n) is 9.85. The van der Waals surface area contributed by atoms with Crippen LogP contribution in [0.5, 0.6) is 11.5 Å². The van der Waals surface area contributed by atoms with Crippen LogP contribution in [0.2, 0.25) is 0 Å².